The smallest absolute Gasteiger partial charge is 0.307 e. The minimum absolute atomic E-state index is 0.219. The molecule has 0 bridgehead atoms. The average Bonchev–Trinajstić information content (AvgIpc) is 2.32. The summed E-state index contributed by atoms with van der Waals surface area (Å²) in [7, 11) is 0. The Labute approximate surface area is 114 Å². The van der Waals surface area contributed by atoms with Crippen LogP contribution in [-0.4, -0.2) is 11.1 Å². The Morgan fingerprint density at radius 3 is 2.83 bits per heavy atom. The highest BCUT2D eigenvalue weighted by Gasteiger charge is 2.36. The zero-order chi connectivity index (χ0) is 13.3. The standard InChI is InChI=1S/C14H16BrFO2/c1-8-5-6-10(14(17)18)11(7-8)9-3-2-4-12(15)13(9)16/h2-4,8,10-11H,5-7H2,1H3,(H,17,18). The van der Waals surface area contributed by atoms with Crippen LogP contribution in [-0.2, 0) is 4.79 Å². The van der Waals surface area contributed by atoms with Gasteiger partial charge in [-0.1, -0.05) is 19.1 Å². The van der Waals surface area contributed by atoms with E-state index in [2.05, 4.69) is 22.9 Å². The molecule has 0 saturated heterocycles. The fourth-order valence-corrected chi connectivity index (χ4v) is 3.21. The number of halogens is 2. The lowest BCUT2D eigenvalue weighted by atomic mass is 9.71. The predicted octanol–water partition coefficient (Wildman–Crippen LogP) is 4.19. The molecule has 0 heterocycles. The largest absolute Gasteiger partial charge is 0.481 e. The topological polar surface area (TPSA) is 37.3 Å². The van der Waals surface area contributed by atoms with Crippen molar-refractivity contribution < 1.29 is 14.3 Å². The maximum Gasteiger partial charge on any atom is 0.307 e. The minimum Gasteiger partial charge on any atom is -0.481 e. The van der Waals surface area contributed by atoms with Crippen LogP contribution in [0.1, 0.15) is 37.7 Å². The Hall–Kier alpha value is -0.900. The summed E-state index contributed by atoms with van der Waals surface area (Å²) in [4.78, 5) is 11.3. The lowest BCUT2D eigenvalue weighted by molar-refractivity contribution is -0.143. The summed E-state index contributed by atoms with van der Waals surface area (Å²) in [5.41, 5.74) is 0.531. The lowest BCUT2D eigenvalue weighted by Gasteiger charge is -2.33. The molecule has 98 valence electrons. The second kappa shape index (κ2) is 5.39. The first-order valence-electron chi connectivity index (χ1n) is 6.17. The molecule has 2 nitrogen and oxygen atoms in total. The Kier molecular flexibility index (Phi) is 4.05. The second-order valence-corrected chi connectivity index (χ2v) is 5.97. The summed E-state index contributed by atoms with van der Waals surface area (Å²) < 4.78 is 14.5. The van der Waals surface area contributed by atoms with Crippen molar-refractivity contribution in [1.29, 1.82) is 0 Å². The van der Waals surface area contributed by atoms with Crippen LogP contribution in [0.4, 0.5) is 4.39 Å². The van der Waals surface area contributed by atoms with Gasteiger partial charge in [-0.05, 0) is 52.7 Å². The van der Waals surface area contributed by atoms with E-state index in [1.165, 1.54) is 0 Å². The summed E-state index contributed by atoms with van der Waals surface area (Å²) in [6, 6.07) is 5.11. The molecule has 1 N–H and O–H groups in total. The second-order valence-electron chi connectivity index (χ2n) is 5.11. The van der Waals surface area contributed by atoms with Crippen LogP contribution in [0.3, 0.4) is 0 Å². The molecule has 1 aliphatic carbocycles. The summed E-state index contributed by atoms with van der Waals surface area (Å²) in [5.74, 6) is -1.37. The van der Waals surface area contributed by atoms with Gasteiger partial charge in [0.2, 0.25) is 0 Å². The Morgan fingerprint density at radius 2 is 2.17 bits per heavy atom. The van der Waals surface area contributed by atoms with Crippen LogP contribution in [0.15, 0.2) is 22.7 Å². The van der Waals surface area contributed by atoms with Crippen molar-refractivity contribution in [3.8, 4) is 0 Å². The quantitative estimate of drug-likeness (QED) is 0.888. The summed E-state index contributed by atoms with van der Waals surface area (Å²) in [6.07, 6.45) is 2.28. The molecule has 0 aliphatic heterocycles. The van der Waals surface area contributed by atoms with Crippen molar-refractivity contribution in [2.75, 3.05) is 0 Å². The Balaban J connectivity index is 2.38. The zero-order valence-corrected chi connectivity index (χ0v) is 11.8. The number of hydrogen-bond donors (Lipinski definition) is 1. The van der Waals surface area contributed by atoms with Crippen molar-refractivity contribution in [1.82, 2.24) is 0 Å². The molecule has 2 rings (SSSR count). The molecule has 18 heavy (non-hydrogen) atoms. The molecule has 3 atom stereocenters. The van der Waals surface area contributed by atoms with Crippen LogP contribution < -0.4 is 0 Å². The van der Waals surface area contributed by atoms with E-state index in [-0.39, 0.29) is 11.7 Å². The van der Waals surface area contributed by atoms with E-state index in [4.69, 9.17) is 0 Å². The molecule has 4 heteroatoms. The van der Waals surface area contributed by atoms with E-state index < -0.39 is 11.9 Å². The molecular weight excluding hydrogens is 299 g/mol. The zero-order valence-electron chi connectivity index (χ0n) is 10.2. The van der Waals surface area contributed by atoms with Gasteiger partial charge in [0.1, 0.15) is 5.82 Å². The first-order chi connectivity index (χ1) is 8.50. The first-order valence-corrected chi connectivity index (χ1v) is 6.96. The summed E-state index contributed by atoms with van der Waals surface area (Å²) in [6.45, 7) is 2.10. The number of carboxylic acid groups (broad SMARTS) is 1. The first kappa shape index (κ1) is 13.5. The van der Waals surface area contributed by atoms with Crippen molar-refractivity contribution in [2.45, 2.75) is 32.1 Å². The number of hydrogen-bond acceptors (Lipinski definition) is 1. The highest BCUT2D eigenvalue weighted by Crippen LogP contribution is 2.42. The molecule has 0 aromatic heterocycles. The molecular formula is C14H16BrFO2. The molecule has 3 unspecified atom stereocenters. The van der Waals surface area contributed by atoms with Gasteiger partial charge in [-0.25, -0.2) is 4.39 Å². The highest BCUT2D eigenvalue weighted by molar-refractivity contribution is 9.10. The Bertz CT molecular complexity index is 461. The number of rotatable bonds is 2. The number of aliphatic carboxylic acids is 1. The van der Waals surface area contributed by atoms with Gasteiger partial charge in [-0.3, -0.25) is 4.79 Å². The molecule has 1 aliphatic rings. The SMILES string of the molecule is CC1CCC(C(=O)O)C(c2cccc(Br)c2F)C1. The van der Waals surface area contributed by atoms with Crippen LogP contribution in [0.25, 0.3) is 0 Å². The average molecular weight is 315 g/mol. The van der Waals surface area contributed by atoms with E-state index in [0.29, 0.717) is 22.4 Å². The molecule has 1 aromatic rings. The molecule has 1 fully saturated rings. The van der Waals surface area contributed by atoms with Gasteiger partial charge in [-0.15, -0.1) is 0 Å². The predicted molar refractivity (Wildman–Crippen MR) is 71.0 cm³/mol. The lowest BCUT2D eigenvalue weighted by Crippen LogP contribution is -2.29. The van der Waals surface area contributed by atoms with Gasteiger partial charge in [0, 0.05) is 5.92 Å². The van der Waals surface area contributed by atoms with Gasteiger partial charge in [-0.2, -0.15) is 0 Å². The minimum atomic E-state index is -0.814. The number of carboxylic acids is 1. The fraction of sp³-hybridized carbons (Fsp3) is 0.500. The van der Waals surface area contributed by atoms with E-state index in [1.807, 2.05) is 0 Å². The Morgan fingerprint density at radius 1 is 1.44 bits per heavy atom. The van der Waals surface area contributed by atoms with E-state index >= 15 is 0 Å². The highest BCUT2D eigenvalue weighted by atomic mass is 79.9. The molecule has 0 radical (unpaired) electrons. The van der Waals surface area contributed by atoms with Gasteiger partial charge >= 0.3 is 5.97 Å². The van der Waals surface area contributed by atoms with E-state index in [0.717, 1.165) is 12.8 Å². The third-order valence-electron chi connectivity index (χ3n) is 3.81. The van der Waals surface area contributed by atoms with Gasteiger partial charge in [0.15, 0.2) is 0 Å². The van der Waals surface area contributed by atoms with Crippen LogP contribution in [0.5, 0.6) is 0 Å². The molecule has 0 spiro atoms. The van der Waals surface area contributed by atoms with Gasteiger partial charge in [0.25, 0.3) is 0 Å². The van der Waals surface area contributed by atoms with Crippen molar-refractivity contribution in [3.05, 3.63) is 34.1 Å². The normalized spacial score (nSPS) is 28.1. The van der Waals surface area contributed by atoms with Crippen molar-refractivity contribution >= 4 is 21.9 Å². The third-order valence-corrected chi connectivity index (χ3v) is 4.42. The van der Waals surface area contributed by atoms with Crippen LogP contribution in [0.2, 0.25) is 0 Å². The summed E-state index contributed by atoms with van der Waals surface area (Å²) in [5, 5.41) is 9.28. The monoisotopic (exact) mass is 314 g/mol. The van der Waals surface area contributed by atoms with Crippen LogP contribution >= 0.6 is 15.9 Å². The fourth-order valence-electron chi connectivity index (χ4n) is 2.83. The van der Waals surface area contributed by atoms with Crippen molar-refractivity contribution in [3.63, 3.8) is 0 Å². The molecule has 1 aromatic carbocycles. The molecule has 1 saturated carbocycles. The van der Waals surface area contributed by atoms with E-state index in [1.54, 1.807) is 18.2 Å². The maximum atomic E-state index is 14.1. The van der Waals surface area contributed by atoms with E-state index in [9.17, 15) is 14.3 Å². The molecule has 0 amide bonds. The number of benzene rings is 1. The summed E-state index contributed by atoms with van der Waals surface area (Å²) >= 11 is 3.16. The number of carbonyl (C=O) groups is 1. The maximum absolute atomic E-state index is 14.1. The van der Waals surface area contributed by atoms with Gasteiger partial charge < -0.3 is 5.11 Å². The third kappa shape index (κ3) is 2.58. The van der Waals surface area contributed by atoms with Crippen LogP contribution in [0, 0.1) is 17.7 Å². The van der Waals surface area contributed by atoms with Crippen molar-refractivity contribution in [2.24, 2.45) is 11.8 Å². The van der Waals surface area contributed by atoms with Gasteiger partial charge in [0.05, 0.1) is 10.4 Å².